The predicted molar refractivity (Wildman–Crippen MR) is 92.3 cm³/mol. The molecule has 1 aromatic carbocycles. The molecule has 6 heteroatoms. The summed E-state index contributed by atoms with van der Waals surface area (Å²) in [5.41, 5.74) is 5.70. The van der Waals surface area contributed by atoms with Crippen LogP contribution in [0.4, 0.5) is 4.39 Å². The molecule has 0 saturated heterocycles. The molecule has 0 aliphatic rings. The van der Waals surface area contributed by atoms with Gasteiger partial charge in [-0.1, -0.05) is 13.8 Å². The zero-order valence-electron chi connectivity index (χ0n) is 14.5. The quantitative estimate of drug-likeness (QED) is 0.780. The first kappa shape index (κ1) is 20.0. The monoisotopic (exact) mass is 336 g/mol. The Kier molecular flexibility index (Phi) is 7.28. The van der Waals surface area contributed by atoms with E-state index in [4.69, 9.17) is 10.5 Å². The molecule has 2 rings (SSSR count). The summed E-state index contributed by atoms with van der Waals surface area (Å²) in [6.45, 7) is 4.93. The van der Waals surface area contributed by atoms with Crippen molar-refractivity contribution in [2.75, 3.05) is 20.3 Å². The van der Waals surface area contributed by atoms with Gasteiger partial charge in [0, 0.05) is 12.1 Å². The molecule has 4 N–H and O–H groups in total. The third-order valence-corrected chi connectivity index (χ3v) is 3.59. The number of methoxy groups -OCH3 is 1. The maximum Gasteiger partial charge on any atom is 0.145 e. The van der Waals surface area contributed by atoms with Crippen molar-refractivity contribution in [1.29, 1.82) is 0 Å². The Hall–Kier alpha value is -2.02. The van der Waals surface area contributed by atoms with E-state index in [1.54, 1.807) is 31.2 Å². The second kappa shape index (κ2) is 8.73. The average Bonchev–Trinajstić information content (AvgIpc) is 2.64. The smallest absolute Gasteiger partial charge is 0.145 e. The Bertz CT molecular complexity index is 673. The molecular weight excluding hydrogens is 311 g/mol. The van der Waals surface area contributed by atoms with E-state index < -0.39 is 12.2 Å². The molecule has 24 heavy (non-hydrogen) atoms. The van der Waals surface area contributed by atoms with Crippen LogP contribution in [0.3, 0.4) is 0 Å². The molecule has 5 nitrogen and oxygen atoms in total. The number of halogens is 1. The number of aromatic nitrogens is 1. The van der Waals surface area contributed by atoms with Crippen LogP contribution in [0.25, 0.3) is 11.3 Å². The molecule has 0 bridgehead atoms. The number of hydrogen-bond acceptors (Lipinski definition) is 5. The number of aliphatic hydroxyl groups is 2. The highest BCUT2D eigenvalue weighted by molar-refractivity contribution is 5.67. The molecule has 0 amide bonds. The number of ether oxygens (including phenoxy) is 1. The Morgan fingerprint density at radius 3 is 2.42 bits per heavy atom. The van der Waals surface area contributed by atoms with Gasteiger partial charge in [0.15, 0.2) is 0 Å². The first-order chi connectivity index (χ1) is 11.4. The normalized spacial score (nSPS) is 12.8. The molecule has 0 radical (unpaired) electrons. The fourth-order valence-corrected chi connectivity index (χ4v) is 2.12. The average molecular weight is 336 g/mol. The van der Waals surface area contributed by atoms with Gasteiger partial charge in [-0.3, -0.25) is 0 Å². The van der Waals surface area contributed by atoms with E-state index >= 15 is 0 Å². The highest BCUT2D eigenvalue weighted by atomic mass is 19.1. The first-order valence-electron chi connectivity index (χ1n) is 7.80. The summed E-state index contributed by atoms with van der Waals surface area (Å²) < 4.78 is 18.7. The number of aliphatic hydroxyl groups excluding tert-OH is 1. The van der Waals surface area contributed by atoms with Crippen LogP contribution in [0.2, 0.25) is 0 Å². The van der Waals surface area contributed by atoms with Crippen LogP contribution in [0.1, 0.15) is 25.1 Å². The summed E-state index contributed by atoms with van der Waals surface area (Å²) in [5, 5.41) is 19.7. The van der Waals surface area contributed by atoms with Gasteiger partial charge in [-0.05, 0) is 42.8 Å². The number of rotatable bonds is 5. The third-order valence-electron chi connectivity index (χ3n) is 3.59. The van der Waals surface area contributed by atoms with Crippen molar-refractivity contribution >= 4 is 0 Å². The molecule has 0 spiro atoms. The molecule has 132 valence electrons. The van der Waals surface area contributed by atoms with Crippen LogP contribution in [0.5, 0.6) is 5.75 Å². The summed E-state index contributed by atoms with van der Waals surface area (Å²) in [5.74, 6) is 0.166. The third kappa shape index (κ3) is 4.08. The van der Waals surface area contributed by atoms with Crippen molar-refractivity contribution in [3.63, 3.8) is 0 Å². The maximum atomic E-state index is 13.4. The van der Waals surface area contributed by atoms with Crippen molar-refractivity contribution in [1.82, 2.24) is 4.98 Å². The lowest BCUT2D eigenvalue weighted by molar-refractivity contribution is -0.0145. The van der Waals surface area contributed by atoms with Gasteiger partial charge in [0.2, 0.25) is 0 Å². The van der Waals surface area contributed by atoms with E-state index in [-0.39, 0.29) is 18.1 Å². The first-order valence-corrected chi connectivity index (χ1v) is 7.80. The van der Waals surface area contributed by atoms with Crippen LogP contribution >= 0.6 is 0 Å². The zero-order valence-corrected chi connectivity index (χ0v) is 14.5. The minimum absolute atomic E-state index is 0.176. The summed E-state index contributed by atoms with van der Waals surface area (Å²) in [4.78, 5) is 4.36. The van der Waals surface area contributed by atoms with Gasteiger partial charge >= 0.3 is 0 Å². The molecular formula is C18H25FN2O3. The summed E-state index contributed by atoms with van der Waals surface area (Å²) in [6, 6.07) is 7.75. The van der Waals surface area contributed by atoms with E-state index in [1.165, 1.54) is 13.2 Å². The zero-order chi connectivity index (χ0) is 18.3. The topological polar surface area (TPSA) is 88.6 Å². The molecule has 1 aromatic heterocycles. The van der Waals surface area contributed by atoms with Gasteiger partial charge in [0.25, 0.3) is 0 Å². The number of aryl methyl sites for hydroxylation is 1. The van der Waals surface area contributed by atoms with E-state index in [0.29, 0.717) is 22.6 Å². The van der Waals surface area contributed by atoms with Crippen molar-refractivity contribution in [3.8, 4) is 17.0 Å². The molecule has 2 aromatic rings. The van der Waals surface area contributed by atoms with Crippen molar-refractivity contribution < 1.29 is 19.3 Å². The van der Waals surface area contributed by atoms with E-state index in [1.807, 2.05) is 13.8 Å². The molecule has 0 saturated carbocycles. The lowest BCUT2D eigenvalue weighted by Crippen LogP contribution is -2.39. The predicted octanol–water partition coefficient (Wildman–Crippen LogP) is 2.37. The Balaban J connectivity index is 0.00000139. The SMILES string of the molecule is CC.COc1ccc(C(O)(CN)CO)nc1-c1ccc(F)c(C)c1. The van der Waals surface area contributed by atoms with Gasteiger partial charge < -0.3 is 20.7 Å². The molecule has 1 atom stereocenters. The van der Waals surface area contributed by atoms with Gasteiger partial charge in [0.1, 0.15) is 22.9 Å². The lowest BCUT2D eigenvalue weighted by atomic mass is 9.98. The van der Waals surface area contributed by atoms with Gasteiger partial charge in [-0.15, -0.1) is 0 Å². The van der Waals surface area contributed by atoms with E-state index in [0.717, 1.165) is 0 Å². The number of nitrogens with two attached hydrogens (primary N) is 1. The second-order valence-corrected chi connectivity index (χ2v) is 5.11. The van der Waals surface area contributed by atoms with Crippen LogP contribution in [0, 0.1) is 12.7 Å². The Morgan fingerprint density at radius 2 is 1.92 bits per heavy atom. The summed E-state index contributed by atoms with van der Waals surface area (Å²) >= 11 is 0. The number of benzene rings is 1. The second-order valence-electron chi connectivity index (χ2n) is 5.11. The molecule has 1 unspecified atom stereocenters. The fraction of sp³-hybridized carbons (Fsp3) is 0.389. The minimum atomic E-state index is -1.63. The van der Waals surface area contributed by atoms with Crippen molar-refractivity contribution in [2.24, 2.45) is 5.73 Å². The summed E-state index contributed by atoms with van der Waals surface area (Å²) in [7, 11) is 1.50. The standard InChI is InChI=1S/C16H19FN2O3.C2H6/c1-10-7-11(3-4-12(10)17)15-13(22-2)5-6-14(19-15)16(21,8-18)9-20;1-2/h3-7,20-21H,8-9,18H2,1-2H3;1-2H3. The highest BCUT2D eigenvalue weighted by Gasteiger charge is 2.29. The Morgan fingerprint density at radius 1 is 1.25 bits per heavy atom. The van der Waals surface area contributed by atoms with Crippen LogP contribution in [0.15, 0.2) is 30.3 Å². The maximum absolute atomic E-state index is 13.4. The lowest BCUT2D eigenvalue weighted by Gasteiger charge is -2.24. The number of hydrogen-bond donors (Lipinski definition) is 3. The highest BCUT2D eigenvalue weighted by Crippen LogP contribution is 2.31. The van der Waals surface area contributed by atoms with Crippen molar-refractivity contribution in [2.45, 2.75) is 26.4 Å². The number of nitrogens with zero attached hydrogens (tertiary/aromatic N) is 1. The number of pyridine rings is 1. The van der Waals surface area contributed by atoms with E-state index in [2.05, 4.69) is 4.98 Å². The van der Waals surface area contributed by atoms with Crippen molar-refractivity contribution in [3.05, 3.63) is 47.4 Å². The Labute approximate surface area is 141 Å². The van der Waals surface area contributed by atoms with Crippen LogP contribution < -0.4 is 10.5 Å². The van der Waals surface area contributed by atoms with Gasteiger partial charge in [-0.2, -0.15) is 0 Å². The summed E-state index contributed by atoms with van der Waals surface area (Å²) in [6.07, 6.45) is 0. The van der Waals surface area contributed by atoms with Crippen LogP contribution in [-0.4, -0.2) is 35.5 Å². The molecule has 0 aliphatic heterocycles. The largest absolute Gasteiger partial charge is 0.494 e. The molecule has 0 fully saturated rings. The van der Waals surface area contributed by atoms with E-state index in [9.17, 15) is 14.6 Å². The minimum Gasteiger partial charge on any atom is -0.494 e. The molecule has 0 aliphatic carbocycles. The van der Waals surface area contributed by atoms with Crippen LogP contribution in [-0.2, 0) is 5.60 Å². The molecule has 1 heterocycles. The van der Waals surface area contributed by atoms with Gasteiger partial charge in [0.05, 0.1) is 19.4 Å². The van der Waals surface area contributed by atoms with Gasteiger partial charge in [-0.25, -0.2) is 9.37 Å². The fourth-order valence-electron chi connectivity index (χ4n) is 2.12.